The van der Waals surface area contributed by atoms with Crippen molar-refractivity contribution >= 4 is 12.0 Å². The van der Waals surface area contributed by atoms with E-state index in [1.807, 2.05) is 27.7 Å². The Hall–Kier alpha value is -1.26. The molecule has 5 heteroatoms. The minimum Gasteiger partial charge on any atom is -0.481 e. The molecule has 0 saturated carbocycles. The molecule has 0 aliphatic rings. The van der Waals surface area contributed by atoms with E-state index < -0.39 is 5.97 Å². The van der Waals surface area contributed by atoms with Crippen LogP contribution in [-0.2, 0) is 4.79 Å². The molecule has 0 rings (SSSR count). The van der Waals surface area contributed by atoms with Gasteiger partial charge in [0, 0.05) is 25.7 Å². The lowest BCUT2D eigenvalue weighted by molar-refractivity contribution is -0.137. The van der Waals surface area contributed by atoms with Crippen molar-refractivity contribution < 1.29 is 14.7 Å². The lowest BCUT2D eigenvalue weighted by Gasteiger charge is -2.38. The van der Waals surface area contributed by atoms with Crippen molar-refractivity contribution in [3.8, 4) is 0 Å². The molecule has 0 bridgehead atoms. The second-order valence-electron chi connectivity index (χ2n) is 4.73. The van der Waals surface area contributed by atoms with E-state index in [0.717, 1.165) is 6.42 Å². The third-order valence-corrected chi connectivity index (χ3v) is 3.31. The van der Waals surface area contributed by atoms with E-state index >= 15 is 0 Å². The van der Waals surface area contributed by atoms with Gasteiger partial charge in [-0.2, -0.15) is 0 Å². The zero-order valence-electron chi connectivity index (χ0n) is 11.5. The highest BCUT2D eigenvalue weighted by Gasteiger charge is 2.28. The van der Waals surface area contributed by atoms with Crippen molar-refractivity contribution in [2.45, 2.75) is 46.1 Å². The minimum atomic E-state index is -0.881. The van der Waals surface area contributed by atoms with E-state index in [1.165, 1.54) is 0 Å². The molecule has 0 aromatic heterocycles. The van der Waals surface area contributed by atoms with Gasteiger partial charge in [-0.3, -0.25) is 4.79 Å². The Morgan fingerprint density at radius 3 is 2.12 bits per heavy atom. The molecule has 0 radical (unpaired) electrons. The van der Waals surface area contributed by atoms with Gasteiger partial charge in [0.25, 0.3) is 0 Å². The number of carbonyl (C=O) groups is 2. The summed E-state index contributed by atoms with van der Waals surface area (Å²) in [6.45, 7) is 8.65. The van der Waals surface area contributed by atoms with E-state index in [0.29, 0.717) is 6.54 Å². The van der Waals surface area contributed by atoms with Crippen LogP contribution in [0.3, 0.4) is 0 Å². The van der Waals surface area contributed by atoms with E-state index in [1.54, 1.807) is 16.8 Å². The molecule has 0 heterocycles. The molecule has 0 fully saturated rings. The van der Waals surface area contributed by atoms with Crippen molar-refractivity contribution in [3.63, 3.8) is 0 Å². The predicted molar refractivity (Wildman–Crippen MR) is 67.0 cm³/mol. The first-order valence-corrected chi connectivity index (χ1v) is 6.00. The standard InChI is InChI=1S/C12H24N2O3/c1-6-12(3,4)13(5)11(17)14(7-2)9-8-10(15)16/h6-9H2,1-5H3,(H,15,16). The molecule has 0 aromatic rings. The van der Waals surface area contributed by atoms with Gasteiger partial charge in [-0.05, 0) is 27.2 Å². The van der Waals surface area contributed by atoms with Gasteiger partial charge in [0.05, 0.1) is 6.42 Å². The van der Waals surface area contributed by atoms with Gasteiger partial charge in [-0.25, -0.2) is 4.79 Å². The number of urea groups is 1. The highest BCUT2D eigenvalue weighted by molar-refractivity contribution is 5.76. The summed E-state index contributed by atoms with van der Waals surface area (Å²) in [4.78, 5) is 25.9. The molecule has 2 amide bonds. The van der Waals surface area contributed by atoms with Crippen molar-refractivity contribution in [3.05, 3.63) is 0 Å². The molecule has 0 aromatic carbocycles. The molecule has 5 nitrogen and oxygen atoms in total. The van der Waals surface area contributed by atoms with Crippen LogP contribution in [0.1, 0.15) is 40.5 Å². The summed E-state index contributed by atoms with van der Waals surface area (Å²) in [6, 6.07) is -0.111. The Morgan fingerprint density at radius 2 is 1.76 bits per heavy atom. The molecule has 100 valence electrons. The zero-order chi connectivity index (χ0) is 13.6. The molecule has 0 atom stereocenters. The Bertz CT molecular complexity index is 277. The van der Waals surface area contributed by atoms with Crippen molar-refractivity contribution in [2.75, 3.05) is 20.1 Å². The topological polar surface area (TPSA) is 60.9 Å². The maximum atomic E-state index is 12.2. The fraction of sp³-hybridized carbons (Fsp3) is 0.833. The number of carbonyl (C=O) groups excluding carboxylic acids is 1. The van der Waals surface area contributed by atoms with Crippen LogP contribution in [0.4, 0.5) is 4.79 Å². The summed E-state index contributed by atoms with van der Waals surface area (Å²) < 4.78 is 0. The number of amides is 2. The highest BCUT2D eigenvalue weighted by atomic mass is 16.4. The van der Waals surface area contributed by atoms with Crippen LogP contribution in [0.5, 0.6) is 0 Å². The van der Waals surface area contributed by atoms with Crippen LogP contribution < -0.4 is 0 Å². The van der Waals surface area contributed by atoms with E-state index in [4.69, 9.17) is 5.11 Å². The average molecular weight is 244 g/mol. The van der Waals surface area contributed by atoms with Gasteiger partial charge in [0.1, 0.15) is 0 Å². The van der Waals surface area contributed by atoms with Gasteiger partial charge in [0.2, 0.25) is 0 Å². The molecular weight excluding hydrogens is 220 g/mol. The first-order chi connectivity index (χ1) is 7.76. The maximum Gasteiger partial charge on any atom is 0.320 e. The summed E-state index contributed by atoms with van der Waals surface area (Å²) in [7, 11) is 1.76. The van der Waals surface area contributed by atoms with Gasteiger partial charge in [-0.1, -0.05) is 6.92 Å². The first kappa shape index (κ1) is 15.7. The number of aliphatic carboxylic acids is 1. The number of hydrogen-bond donors (Lipinski definition) is 1. The maximum absolute atomic E-state index is 12.2. The van der Waals surface area contributed by atoms with Crippen molar-refractivity contribution in [2.24, 2.45) is 0 Å². The molecular formula is C12H24N2O3. The normalized spacial score (nSPS) is 11.1. The summed E-state index contributed by atoms with van der Waals surface area (Å²) in [5, 5.41) is 8.63. The first-order valence-electron chi connectivity index (χ1n) is 6.00. The fourth-order valence-corrected chi connectivity index (χ4v) is 1.33. The van der Waals surface area contributed by atoms with Crippen molar-refractivity contribution in [1.82, 2.24) is 9.80 Å². The molecule has 0 spiro atoms. The molecule has 0 unspecified atom stereocenters. The van der Waals surface area contributed by atoms with Crippen LogP contribution in [0.25, 0.3) is 0 Å². The Kier molecular flexibility index (Phi) is 5.99. The largest absolute Gasteiger partial charge is 0.481 e. The third-order valence-electron chi connectivity index (χ3n) is 3.31. The van der Waals surface area contributed by atoms with Gasteiger partial charge in [-0.15, -0.1) is 0 Å². The number of rotatable bonds is 6. The molecule has 0 aliphatic carbocycles. The minimum absolute atomic E-state index is 0.0139. The molecule has 17 heavy (non-hydrogen) atoms. The number of carboxylic acid groups (broad SMARTS) is 1. The third kappa shape index (κ3) is 4.63. The number of nitrogens with zero attached hydrogens (tertiary/aromatic N) is 2. The molecule has 0 saturated heterocycles. The summed E-state index contributed by atoms with van der Waals surface area (Å²) in [6.07, 6.45) is 0.839. The fourth-order valence-electron chi connectivity index (χ4n) is 1.33. The summed E-state index contributed by atoms with van der Waals surface area (Å²) in [5.74, 6) is -0.881. The number of hydrogen-bond acceptors (Lipinski definition) is 2. The number of carboxylic acids is 1. The monoisotopic (exact) mass is 244 g/mol. The van der Waals surface area contributed by atoms with Crippen LogP contribution >= 0.6 is 0 Å². The zero-order valence-corrected chi connectivity index (χ0v) is 11.5. The van der Waals surface area contributed by atoms with Crippen LogP contribution in [-0.4, -0.2) is 52.6 Å². The lowest BCUT2D eigenvalue weighted by Crippen LogP contribution is -2.51. The van der Waals surface area contributed by atoms with Gasteiger partial charge >= 0.3 is 12.0 Å². The predicted octanol–water partition coefficient (Wildman–Crippen LogP) is 2.02. The second kappa shape index (κ2) is 6.47. The smallest absolute Gasteiger partial charge is 0.320 e. The molecule has 0 aliphatic heterocycles. The van der Waals surface area contributed by atoms with Gasteiger partial charge in [0.15, 0.2) is 0 Å². The van der Waals surface area contributed by atoms with E-state index in [-0.39, 0.29) is 24.5 Å². The van der Waals surface area contributed by atoms with Crippen LogP contribution in [0.15, 0.2) is 0 Å². The van der Waals surface area contributed by atoms with Crippen LogP contribution in [0.2, 0.25) is 0 Å². The van der Waals surface area contributed by atoms with Gasteiger partial charge < -0.3 is 14.9 Å². The Labute approximate surface area is 103 Å². The lowest BCUT2D eigenvalue weighted by atomic mass is 10.0. The van der Waals surface area contributed by atoms with E-state index in [2.05, 4.69) is 0 Å². The Balaban J connectivity index is 4.58. The summed E-state index contributed by atoms with van der Waals surface area (Å²) >= 11 is 0. The summed E-state index contributed by atoms with van der Waals surface area (Å²) in [5.41, 5.74) is -0.215. The second-order valence-corrected chi connectivity index (χ2v) is 4.73. The quantitative estimate of drug-likeness (QED) is 0.777. The highest BCUT2D eigenvalue weighted by Crippen LogP contribution is 2.18. The van der Waals surface area contributed by atoms with Crippen molar-refractivity contribution in [1.29, 1.82) is 0 Å². The van der Waals surface area contributed by atoms with Crippen LogP contribution in [0, 0.1) is 0 Å². The van der Waals surface area contributed by atoms with E-state index in [9.17, 15) is 9.59 Å². The SMILES string of the molecule is CCN(CCC(=O)O)C(=O)N(C)C(C)(C)CC. The Morgan fingerprint density at radius 1 is 1.24 bits per heavy atom. The molecule has 1 N–H and O–H groups in total. The average Bonchev–Trinajstić information content (AvgIpc) is 2.28.